The van der Waals surface area contributed by atoms with Crippen LogP contribution in [0, 0.1) is 0 Å². The number of aryl methyl sites for hydroxylation is 1. The van der Waals surface area contributed by atoms with Crippen LogP contribution in [0.5, 0.6) is 5.75 Å². The minimum atomic E-state index is 0.576. The topological polar surface area (TPSA) is 21.3 Å². The first-order valence-corrected chi connectivity index (χ1v) is 6.71. The summed E-state index contributed by atoms with van der Waals surface area (Å²) >= 11 is 6.17. The van der Waals surface area contributed by atoms with E-state index in [1.165, 1.54) is 24.0 Å². The molecule has 2 rings (SSSR count). The molecule has 1 aliphatic rings. The first-order valence-electron chi connectivity index (χ1n) is 6.33. The summed E-state index contributed by atoms with van der Waals surface area (Å²) < 4.78 is 5.55. The van der Waals surface area contributed by atoms with Gasteiger partial charge >= 0.3 is 0 Å². The van der Waals surface area contributed by atoms with Crippen LogP contribution in [0.1, 0.15) is 30.9 Å². The zero-order valence-corrected chi connectivity index (χ0v) is 11.3. The van der Waals surface area contributed by atoms with Gasteiger partial charge in [-0.3, -0.25) is 0 Å². The van der Waals surface area contributed by atoms with Gasteiger partial charge in [0.2, 0.25) is 0 Å². The lowest BCUT2D eigenvalue weighted by molar-refractivity contribution is 0.402. The lowest BCUT2D eigenvalue weighted by Crippen LogP contribution is -2.24. The lowest BCUT2D eigenvalue weighted by Gasteiger charge is -2.16. The average Bonchev–Trinajstić information content (AvgIpc) is 2.81. The van der Waals surface area contributed by atoms with Gasteiger partial charge in [0.25, 0.3) is 0 Å². The largest absolute Gasteiger partial charge is 0.496 e. The van der Waals surface area contributed by atoms with Crippen molar-refractivity contribution >= 4 is 11.6 Å². The summed E-state index contributed by atoms with van der Waals surface area (Å²) in [6.45, 7) is 3.26. The molecule has 1 saturated heterocycles. The Hall–Kier alpha value is -0.730. The Labute approximate surface area is 108 Å². The highest BCUT2D eigenvalue weighted by Gasteiger charge is 2.18. The number of hydrogen-bond donors (Lipinski definition) is 1. The Kier molecular flexibility index (Phi) is 4.30. The van der Waals surface area contributed by atoms with E-state index < -0.39 is 0 Å². The highest BCUT2D eigenvalue weighted by Crippen LogP contribution is 2.30. The Morgan fingerprint density at radius 3 is 2.76 bits per heavy atom. The van der Waals surface area contributed by atoms with E-state index in [1.807, 2.05) is 12.1 Å². The van der Waals surface area contributed by atoms with Crippen LogP contribution in [-0.2, 0) is 12.8 Å². The number of halogens is 1. The molecule has 94 valence electrons. The molecule has 0 bridgehead atoms. The average molecular weight is 254 g/mol. The molecule has 3 heteroatoms. The Balaban J connectivity index is 2.26. The van der Waals surface area contributed by atoms with Crippen LogP contribution in [0.3, 0.4) is 0 Å². The summed E-state index contributed by atoms with van der Waals surface area (Å²) in [5, 5.41) is 4.33. The second-order valence-corrected chi connectivity index (χ2v) is 5.04. The molecule has 1 aromatic carbocycles. The van der Waals surface area contributed by atoms with E-state index in [4.69, 9.17) is 16.3 Å². The van der Waals surface area contributed by atoms with Crippen LogP contribution in [0.25, 0.3) is 0 Å². The number of rotatable bonds is 4. The number of methoxy groups -OCH3 is 1. The Bertz CT molecular complexity index is 386. The van der Waals surface area contributed by atoms with Crippen molar-refractivity contribution in [1.82, 2.24) is 5.32 Å². The van der Waals surface area contributed by atoms with Crippen molar-refractivity contribution in [2.24, 2.45) is 0 Å². The Morgan fingerprint density at radius 1 is 1.41 bits per heavy atom. The van der Waals surface area contributed by atoms with Gasteiger partial charge in [-0.2, -0.15) is 0 Å². The molecule has 0 amide bonds. The van der Waals surface area contributed by atoms with Crippen molar-refractivity contribution in [2.45, 2.75) is 38.6 Å². The van der Waals surface area contributed by atoms with Gasteiger partial charge in [0.15, 0.2) is 0 Å². The molecule has 0 saturated carbocycles. The van der Waals surface area contributed by atoms with E-state index in [2.05, 4.69) is 12.2 Å². The van der Waals surface area contributed by atoms with Crippen molar-refractivity contribution in [3.05, 3.63) is 28.3 Å². The maximum atomic E-state index is 6.17. The van der Waals surface area contributed by atoms with Crippen LogP contribution in [0.2, 0.25) is 5.02 Å². The van der Waals surface area contributed by atoms with Crippen molar-refractivity contribution in [3.8, 4) is 5.75 Å². The number of nitrogens with one attached hydrogen (secondary N) is 1. The van der Waals surface area contributed by atoms with Gasteiger partial charge in [0, 0.05) is 11.1 Å². The smallest absolute Gasteiger partial charge is 0.125 e. The molecule has 1 heterocycles. The summed E-state index contributed by atoms with van der Waals surface area (Å²) in [6, 6.07) is 4.62. The summed E-state index contributed by atoms with van der Waals surface area (Å²) in [5.74, 6) is 1.02. The molecule has 1 unspecified atom stereocenters. The van der Waals surface area contributed by atoms with Crippen LogP contribution in [0.4, 0.5) is 0 Å². The van der Waals surface area contributed by atoms with Crippen LogP contribution in [0.15, 0.2) is 12.1 Å². The fourth-order valence-electron chi connectivity index (χ4n) is 2.58. The molecule has 1 N–H and O–H groups in total. The zero-order chi connectivity index (χ0) is 12.3. The van der Waals surface area contributed by atoms with Gasteiger partial charge in [-0.25, -0.2) is 0 Å². The maximum Gasteiger partial charge on any atom is 0.125 e. The van der Waals surface area contributed by atoms with E-state index >= 15 is 0 Å². The second kappa shape index (κ2) is 5.74. The highest BCUT2D eigenvalue weighted by atomic mass is 35.5. The lowest BCUT2D eigenvalue weighted by atomic mass is 10.00. The molecular formula is C14H20ClNO. The molecule has 1 aliphatic heterocycles. The maximum absolute atomic E-state index is 6.17. The summed E-state index contributed by atoms with van der Waals surface area (Å²) in [4.78, 5) is 0. The molecular weight excluding hydrogens is 234 g/mol. The van der Waals surface area contributed by atoms with Crippen molar-refractivity contribution < 1.29 is 4.74 Å². The van der Waals surface area contributed by atoms with Gasteiger partial charge in [-0.05, 0) is 55.5 Å². The molecule has 2 nitrogen and oxygen atoms in total. The highest BCUT2D eigenvalue weighted by molar-refractivity contribution is 6.30. The van der Waals surface area contributed by atoms with Crippen molar-refractivity contribution in [2.75, 3.05) is 13.7 Å². The zero-order valence-electron chi connectivity index (χ0n) is 10.6. The van der Waals surface area contributed by atoms with E-state index in [9.17, 15) is 0 Å². The molecule has 17 heavy (non-hydrogen) atoms. The monoisotopic (exact) mass is 253 g/mol. The van der Waals surface area contributed by atoms with Crippen LogP contribution < -0.4 is 10.1 Å². The first-order chi connectivity index (χ1) is 8.24. The van der Waals surface area contributed by atoms with Gasteiger partial charge in [-0.1, -0.05) is 18.5 Å². The molecule has 1 atom stereocenters. The molecule has 0 aliphatic carbocycles. The Morgan fingerprint density at radius 2 is 2.18 bits per heavy atom. The first kappa shape index (κ1) is 12.7. The quantitative estimate of drug-likeness (QED) is 0.890. The standard InChI is InChI=1S/C14H20ClNO/c1-3-10-7-12(15)8-11(14(10)17-2)9-13-5-4-6-16-13/h7-8,13,16H,3-6,9H2,1-2H3. The molecule has 0 spiro atoms. The number of ether oxygens (including phenoxy) is 1. The molecule has 0 radical (unpaired) electrons. The van der Waals surface area contributed by atoms with Crippen molar-refractivity contribution in [1.29, 1.82) is 0 Å². The fraction of sp³-hybridized carbons (Fsp3) is 0.571. The minimum Gasteiger partial charge on any atom is -0.496 e. The van der Waals surface area contributed by atoms with Crippen LogP contribution >= 0.6 is 11.6 Å². The van der Waals surface area contributed by atoms with Gasteiger partial charge in [0.05, 0.1) is 7.11 Å². The third-order valence-corrected chi connectivity index (χ3v) is 3.64. The fourth-order valence-corrected chi connectivity index (χ4v) is 2.85. The van der Waals surface area contributed by atoms with Gasteiger partial charge in [0.1, 0.15) is 5.75 Å². The normalized spacial score (nSPS) is 19.6. The minimum absolute atomic E-state index is 0.576. The third-order valence-electron chi connectivity index (χ3n) is 3.42. The number of hydrogen-bond acceptors (Lipinski definition) is 2. The SMILES string of the molecule is CCc1cc(Cl)cc(CC2CCCN2)c1OC. The van der Waals surface area contributed by atoms with Crippen molar-refractivity contribution in [3.63, 3.8) is 0 Å². The summed E-state index contributed by atoms with van der Waals surface area (Å²) in [6.07, 6.45) is 4.48. The predicted octanol–water partition coefficient (Wildman–Crippen LogP) is 3.21. The van der Waals surface area contributed by atoms with E-state index in [1.54, 1.807) is 7.11 Å². The molecule has 0 aromatic heterocycles. The summed E-state index contributed by atoms with van der Waals surface area (Å²) in [5.41, 5.74) is 2.43. The second-order valence-electron chi connectivity index (χ2n) is 4.61. The molecule has 1 aromatic rings. The molecule has 1 fully saturated rings. The van der Waals surface area contributed by atoms with E-state index in [0.29, 0.717) is 6.04 Å². The summed E-state index contributed by atoms with van der Waals surface area (Å²) in [7, 11) is 1.74. The van der Waals surface area contributed by atoms with Gasteiger partial charge in [-0.15, -0.1) is 0 Å². The van der Waals surface area contributed by atoms with E-state index in [-0.39, 0.29) is 0 Å². The van der Waals surface area contributed by atoms with Crippen LogP contribution in [-0.4, -0.2) is 19.7 Å². The third kappa shape index (κ3) is 2.93. The van der Waals surface area contributed by atoms with Gasteiger partial charge < -0.3 is 10.1 Å². The van der Waals surface area contributed by atoms with E-state index in [0.717, 1.165) is 30.2 Å². The predicted molar refractivity (Wildman–Crippen MR) is 72.1 cm³/mol. The number of benzene rings is 1.